The van der Waals surface area contributed by atoms with Gasteiger partial charge in [-0.05, 0) is 55.8 Å². The maximum atomic E-state index is 12.7. The van der Waals surface area contributed by atoms with Crippen LogP contribution in [0.1, 0.15) is 25.8 Å². The van der Waals surface area contributed by atoms with Gasteiger partial charge in [0.25, 0.3) is 5.91 Å². The summed E-state index contributed by atoms with van der Waals surface area (Å²) < 4.78 is 10.7. The van der Waals surface area contributed by atoms with E-state index in [4.69, 9.17) is 9.47 Å². The number of carbonyl (C=O) groups excluding carboxylic acids is 4. The number of esters is 1. The highest BCUT2D eigenvalue weighted by atomic mass is 16.5. The molecule has 2 aromatic carbocycles. The molecule has 2 aromatic rings. The molecule has 0 bridgehead atoms. The van der Waals surface area contributed by atoms with Gasteiger partial charge in [0.2, 0.25) is 11.8 Å². The minimum atomic E-state index is -1.05. The highest BCUT2D eigenvalue weighted by Gasteiger charge is 2.38. The molecule has 0 radical (unpaired) electrons. The summed E-state index contributed by atoms with van der Waals surface area (Å²) in [5, 5.41) is 5.29. The lowest BCUT2D eigenvalue weighted by Gasteiger charge is -2.20. The molecule has 0 aliphatic carbocycles. The summed E-state index contributed by atoms with van der Waals surface area (Å²) >= 11 is 0. The van der Waals surface area contributed by atoms with Crippen LogP contribution in [-0.4, -0.2) is 43.4 Å². The summed E-state index contributed by atoms with van der Waals surface area (Å²) in [5.41, 5.74) is 2.65. The van der Waals surface area contributed by atoms with Gasteiger partial charge in [0.05, 0.1) is 18.7 Å². The first-order valence-corrected chi connectivity index (χ1v) is 10.5. The molecule has 2 unspecified atom stereocenters. The van der Waals surface area contributed by atoms with Gasteiger partial charge >= 0.3 is 5.97 Å². The molecule has 1 saturated heterocycles. The van der Waals surface area contributed by atoms with E-state index in [1.54, 1.807) is 30.3 Å². The Labute approximate surface area is 192 Å². The van der Waals surface area contributed by atoms with E-state index in [2.05, 4.69) is 10.6 Å². The van der Waals surface area contributed by atoms with Crippen LogP contribution >= 0.6 is 0 Å². The van der Waals surface area contributed by atoms with Crippen molar-refractivity contribution in [1.82, 2.24) is 0 Å². The first-order valence-electron chi connectivity index (χ1n) is 10.5. The van der Waals surface area contributed by atoms with Crippen LogP contribution in [0, 0.1) is 12.8 Å². The summed E-state index contributed by atoms with van der Waals surface area (Å²) in [6.07, 6.45) is -1.06. The number of nitrogens with zero attached hydrogens (tertiary/aromatic N) is 1. The van der Waals surface area contributed by atoms with Crippen LogP contribution in [0.4, 0.5) is 17.1 Å². The maximum absolute atomic E-state index is 12.7. The van der Waals surface area contributed by atoms with Crippen molar-refractivity contribution in [3.63, 3.8) is 0 Å². The minimum absolute atomic E-state index is 0.00508. The summed E-state index contributed by atoms with van der Waals surface area (Å²) in [5.74, 6) is -1.66. The lowest BCUT2D eigenvalue weighted by Crippen LogP contribution is -2.33. The van der Waals surface area contributed by atoms with Crippen LogP contribution in [0.15, 0.2) is 42.5 Å². The van der Waals surface area contributed by atoms with Crippen molar-refractivity contribution in [2.75, 3.05) is 29.2 Å². The molecule has 9 nitrogen and oxygen atoms in total. The van der Waals surface area contributed by atoms with Crippen molar-refractivity contribution >= 4 is 40.8 Å². The third-order valence-electron chi connectivity index (χ3n) is 5.22. The molecule has 1 heterocycles. The Kier molecular flexibility index (Phi) is 7.32. The van der Waals surface area contributed by atoms with Gasteiger partial charge in [-0.1, -0.05) is 6.07 Å². The highest BCUT2D eigenvalue weighted by molar-refractivity contribution is 6.01. The normalized spacial score (nSPS) is 16.2. The van der Waals surface area contributed by atoms with Crippen LogP contribution in [0.25, 0.3) is 0 Å². The lowest BCUT2D eigenvalue weighted by atomic mass is 10.1. The third-order valence-corrected chi connectivity index (χ3v) is 5.22. The molecule has 2 N–H and O–H groups in total. The number of aryl methyl sites for hydroxylation is 1. The Balaban J connectivity index is 1.58. The molecule has 2 atom stereocenters. The number of benzene rings is 2. The molecular formula is C24H27N3O6. The Morgan fingerprint density at radius 3 is 2.30 bits per heavy atom. The average molecular weight is 453 g/mol. The number of carbonyl (C=O) groups is 4. The third kappa shape index (κ3) is 5.88. The van der Waals surface area contributed by atoms with Gasteiger partial charge in [-0.15, -0.1) is 0 Å². The second kappa shape index (κ2) is 10.2. The monoisotopic (exact) mass is 453 g/mol. The first-order chi connectivity index (χ1) is 15.7. The molecule has 0 spiro atoms. The predicted octanol–water partition coefficient (Wildman–Crippen LogP) is 2.89. The molecule has 1 aliphatic heterocycles. The lowest BCUT2D eigenvalue weighted by molar-refractivity contribution is -0.157. The second-order valence-corrected chi connectivity index (χ2v) is 7.91. The highest BCUT2D eigenvalue weighted by Crippen LogP contribution is 2.34. The van der Waals surface area contributed by atoms with Crippen molar-refractivity contribution in [1.29, 1.82) is 0 Å². The fourth-order valence-corrected chi connectivity index (χ4v) is 3.52. The van der Waals surface area contributed by atoms with E-state index in [0.717, 1.165) is 5.56 Å². The Bertz CT molecular complexity index is 1070. The standard InChI is InChI=1S/C24H27N3O6/c1-14-5-10-21(32-4)20(11-14)27-13-17(12-22(27)29)24(31)33-15(2)23(30)26-19-8-6-18(7-9-19)25-16(3)28/h5-11,15,17H,12-13H2,1-4H3,(H,25,28)(H,26,30). The fraction of sp³-hybridized carbons (Fsp3) is 0.333. The number of hydrogen-bond donors (Lipinski definition) is 2. The summed E-state index contributed by atoms with van der Waals surface area (Å²) in [4.78, 5) is 50.3. The first kappa shape index (κ1) is 23.8. The van der Waals surface area contributed by atoms with Crippen LogP contribution in [0.3, 0.4) is 0 Å². The van der Waals surface area contributed by atoms with Gasteiger partial charge in [0.1, 0.15) is 5.75 Å². The van der Waals surface area contributed by atoms with Gasteiger partial charge in [-0.2, -0.15) is 0 Å². The molecule has 0 aromatic heterocycles. The van der Waals surface area contributed by atoms with Crippen molar-refractivity contribution in [2.45, 2.75) is 33.3 Å². The van der Waals surface area contributed by atoms with Crippen LogP contribution < -0.4 is 20.3 Å². The van der Waals surface area contributed by atoms with Crippen LogP contribution in [0.2, 0.25) is 0 Å². The smallest absolute Gasteiger partial charge is 0.312 e. The number of anilines is 3. The van der Waals surface area contributed by atoms with E-state index in [1.165, 1.54) is 25.9 Å². The van der Waals surface area contributed by atoms with E-state index < -0.39 is 23.9 Å². The van der Waals surface area contributed by atoms with Gasteiger partial charge < -0.3 is 25.0 Å². The van der Waals surface area contributed by atoms with E-state index in [9.17, 15) is 19.2 Å². The average Bonchev–Trinajstić information content (AvgIpc) is 3.16. The number of amides is 3. The quantitative estimate of drug-likeness (QED) is 0.623. The Morgan fingerprint density at radius 1 is 1.06 bits per heavy atom. The van der Waals surface area contributed by atoms with Crippen molar-refractivity contribution < 1.29 is 28.7 Å². The molecule has 3 rings (SSSR count). The number of methoxy groups -OCH3 is 1. The number of hydrogen-bond acceptors (Lipinski definition) is 6. The molecule has 33 heavy (non-hydrogen) atoms. The topological polar surface area (TPSA) is 114 Å². The van der Waals surface area contributed by atoms with Crippen molar-refractivity contribution in [3.05, 3.63) is 48.0 Å². The zero-order valence-corrected chi connectivity index (χ0v) is 19.0. The Hall–Kier alpha value is -3.88. The largest absolute Gasteiger partial charge is 0.495 e. The van der Waals surface area contributed by atoms with Gasteiger partial charge in [-0.25, -0.2) is 0 Å². The summed E-state index contributed by atoms with van der Waals surface area (Å²) in [6, 6.07) is 12.0. The zero-order valence-electron chi connectivity index (χ0n) is 19.0. The number of nitrogens with one attached hydrogen (secondary N) is 2. The molecule has 1 aliphatic rings. The summed E-state index contributed by atoms with van der Waals surface area (Å²) in [6.45, 7) is 4.93. The van der Waals surface area contributed by atoms with Crippen LogP contribution in [-0.2, 0) is 23.9 Å². The van der Waals surface area contributed by atoms with Gasteiger partial charge in [0, 0.05) is 31.3 Å². The van der Waals surface area contributed by atoms with Crippen molar-refractivity contribution in [3.8, 4) is 5.75 Å². The molecule has 174 valence electrons. The molecule has 9 heteroatoms. The number of ether oxygens (including phenoxy) is 2. The van der Waals surface area contributed by atoms with E-state index in [0.29, 0.717) is 22.8 Å². The number of rotatable bonds is 7. The van der Waals surface area contributed by atoms with E-state index >= 15 is 0 Å². The molecule has 0 saturated carbocycles. The zero-order chi connectivity index (χ0) is 24.1. The van der Waals surface area contributed by atoms with E-state index in [1.807, 2.05) is 19.1 Å². The fourth-order valence-electron chi connectivity index (χ4n) is 3.52. The minimum Gasteiger partial charge on any atom is -0.495 e. The Morgan fingerprint density at radius 2 is 1.70 bits per heavy atom. The SMILES string of the molecule is COc1ccc(C)cc1N1CC(C(=O)OC(C)C(=O)Nc2ccc(NC(C)=O)cc2)CC1=O. The van der Waals surface area contributed by atoms with Gasteiger partial charge in [-0.3, -0.25) is 19.2 Å². The van der Waals surface area contributed by atoms with E-state index in [-0.39, 0.29) is 24.8 Å². The maximum Gasteiger partial charge on any atom is 0.312 e. The predicted molar refractivity (Wildman–Crippen MR) is 123 cm³/mol. The summed E-state index contributed by atoms with van der Waals surface area (Å²) in [7, 11) is 1.52. The molecular weight excluding hydrogens is 426 g/mol. The molecule has 3 amide bonds. The van der Waals surface area contributed by atoms with Gasteiger partial charge in [0.15, 0.2) is 6.10 Å². The van der Waals surface area contributed by atoms with Crippen molar-refractivity contribution in [2.24, 2.45) is 5.92 Å². The second-order valence-electron chi connectivity index (χ2n) is 7.91. The molecule has 1 fully saturated rings. The van der Waals surface area contributed by atoms with Crippen LogP contribution in [0.5, 0.6) is 5.75 Å².